The molecule has 2 N–H and O–H groups in total. The van der Waals surface area contributed by atoms with Crippen molar-refractivity contribution in [3.63, 3.8) is 0 Å². The summed E-state index contributed by atoms with van der Waals surface area (Å²) in [7, 11) is 1.57. The van der Waals surface area contributed by atoms with Crippen molar-refractivity contribution in [1.29, 1.82) is 0 Å². The van der Waals surface area contributed by atoms with Crippen molar-refractivity contribution in [3.05, 3.63) is 30.1 Å². The molecule has 0 radical (unpaired) electrons. The van der Waals surface area contributed by atoms with Gasteiger partial charge in [-0.25, -0.2) is 0 Å². The van der Waals surface area contributed by atoms with Crippen LogP contribution in [0.15, 0.2) is 29.4 Å². The van der Waals surface area contributed by atoms with Gasteiger partial charge in [-0.1, -0.05) is 6.07 Å². The molecule has 1 saturated heterocycles. The highest BCUT2D eigenvalue weighted by atomic mass is 19.4. The van der Waals surface area contributed by atoms with Crippen molar-refractivity contribution in [2.24, 2.45) is 4.99 Å². The Labute approximate surface area is 140 Å². The van der Waals surface area contributed by atoms with Crippen LogP contribution in [0.25, 0.3) is 0 Å². The Morgan fingerprint density at radius 3 is 2.67 bits per heavy atom. The largest absolute Gasteiger partial charge is 0.390 e. The maximum Gasteiger partial charge on any atom is 0.390 e. The minimum absolute atomic E-state index is 0.165. The quantitative estimate of drug-likeness (QED) is 0.635. The minimum Gasteiger partial charge on any atom is -0.356 e. The summed E-state index contributed by atoms with van der Waals surface area (Å²) in [6.45, 7) is 2.51. The number of halogens is 3. The summed E-state index contributed by atoms with van der Waals surface area (Å²) >= 11 is 0. The van der Waals surface area contributed by atoms with Gasteiger partial charge in [-0.05, 0) is 25.0 Å². The summed E-state index contributed by atoms with van der Waals surface area (Å²) in [6, 6.07) is 6.11. The van der Waals surface area contributed by atoms with Gasteiger partial charge in [-0.2, -0.15) is 13.2 Å². The number of nitrogens with zero attached hydrogens (tertiary/aromatic N) is 3. The number of hydrogen-bond acceptors (Lipinski definition) is 3. The summed E-state index contributed by atoms with van der Waals surface area (Å²) in [5.74, 6) is 0.433. The van der Waals surface area contributed by atoms with Gasteiger partial charge in [-0.15, -0.1) is 0 Å². The lowest BCUT2D eigenvalue weighted by atomic mass is 10.0. The Morgan fingerprint density at radius 1 is 1.33 bits per heavy atom. The molecule has 1 fully saturated rings. The Morgan fingerprint density at radius 2 is 2.08 bits per heavy atom. The molecule has 2 heterocycles. The van der Waals surface area contributed by atoms with Crippen LogP contribution in [0.2, 0.25) is 0 Å². The second-order valence-electron chi connectivity index (χ2n) is 5.88. The normalized spacial score (nSPS) is 17.8. The highest BCUT2D eigenvalue weighted by Crippen LogP contribution is 2.18. The number of rotatable bonds is 5. The topological polar surface area (TPSA) is 52.6 Å². The first-order valence-corrected chi connectivity index (χ1v) is 8.12. The van der Waals surface area contributed by atoms with E-state index >= 15 is 0 Å². The van der Waals surface area contributed by atoms with Crippen molar-refractivity contribution in [1.82, 2.24) is 20.5 Å². The first kappa shape index (κ1) is 18.5. The Bertz CT molecular complexity index is 510. The summed E-state index contributed by atoms with van der Waals surface area (Å²) in [5, 5.41) is 5.93. The van der Waals surface area contributed by atoms with E-state index in [-0.39, 0.29) is 12.6 Å². The van der Waals surface area contributed by atoms with E-state index in [1.165, 1.54) is 0 Å². The molecule has 1 aliphatic heterocycles. The van der Waals surface area contributed by atoms with Gasteiger partial charge in [-0.3, -0.25) is 14.9 Å². The Balaban J connectivity index is 1.69. The summed E-state index contributed by atoms with van der Waals surface area (Å²) < 4.78 is 36.5. The number of pyridine rings is 1. The molecule has 0 spiro atoms. The molecule has 8 heteroatoms. The third-order valence-corrected chi connectivity index (χ3v) is 3.96. The Hall–Kier alpha value is -1.83. The SMILES string of the molecule is CN=C(NCCC(F)(F)F)NC1CCN(Cc2ccccn2)CC1. The molecular weight excluding hydrogens is 319 g/mol. The number of guanidine groups is 1. The molecule has 0 bridgehead atoms. The molecular formula is C16H24F3N5. The van der Waals surface area contributed by atoms with Crippen LogP contribution < -0.4 is 10.6 Å². The summed E-state index contributed by atoms with van der Waals surface area (Å²) in [4.78, 5) is 10.7. The lowest BCUT2D eigenvalue weighted by molar-refractivity contribution is -0.132. The predicted octanol–water partition coefficient (Wildman–Crippen LogP) is 2.16. The molecule has 0 atom stereocenters. The monoisotopic (exact) mass is 343 g/mol. The van der Waals surface area contributed by atoms with Gasteiger partial charge in [0.1, 0.15) is 0 Å². The molecule has 134 valence electrons. The molecule has 2 rings (SSSR count). The van der Waals surface area contributed by atoms with E-state index in [2.05, 4.69) is 25.5 Å². The van der Waals surface area contributed by atoms with E-state index in [0.29, 0.717) is 5.96 Å². The molecule has 0 unspecified atom stereocenters. The molecule has 24 heavy (non-hydrogen) atoms. The smallest absolute Gasteiger partial charge is 0.356 e. The molecule has 0 aromatic carbocycles. The minimum atomic E-state index is -4.15. The molecule has 0 amide bonds. The maximum absolute atomic E-state index is 12.2. The number of aromatic nitrogens is 1. The standard InChI is InChI=1S/C16H24F3N5/c1-20-15(22-9-7-16(17,18)19)23-13-5-10-24(11-6-13)12-14-4-2-3-8-21-14/h2-4,8,13H,5-7,9-12H2,1H3,(H2,20,22,23). The summed E-state index contributed by atoms with van der Waals surface area (Å²) in [6.07, 6.45) is -1.38. The molecule has 5 nitrogen and oxygen atoms in total. The fourth-order valence-electron chi connectivity index (χ4n) is 2.67. The number of alkyl halides is 3. The fraction of sp³-hybridized carbons (Fsp3) is 0.625. The second kappa shape index (κ2) is 8.86. The number of likely N-dealkylation sites (tertiary alicyclic amines) is 1. The van der Waals surface area contributed by atoms with Gasteiger partial charge in [0.05, 0.1) is 12.1 Å². The molecule has 1 aliphatic rings. The van der Waals surface area contributed by atoms with Crippen molar-refractivity contribution < 1.29 is 13.2 Å². The zero-order valence-corrected chi connectivity index (χ0v) is 13.8. The van der Waals surface area contributed by atoms with Crippen molar-refractivity contribution in [2.75, 3.05) is 26.7 Å². The van der Waals surface area contributed by atoms with E-state index in [1.54, 1.807) is 13.2 Å². The number of nitrogens with one attached hydrogen (secondary N) is 2. The van der Waals surface area contributed by atoms with Crippen LogP contribution in [-0.4, -0.2) is 54.7 Å². The molecule has 0 aliphatic carbocycles. The predicted molar refractivity (Wildman–Crippen MR) is 87.7 cm³/mol. The van der Waals surface area contributed by atoms with Crippen LogP contribution in [0.3, 0.4) is 0 Å². The van der Waals surface area contributed by atoms with Crippen molar-refractivity contribution >= 4 is 5.96 Å². The molecule has 1 aromatic heterocycles. The third kappa shape index (κ3) is 6.74. The lowest BCUT2D eigenvalue weighted by Gasteiger charge is -2.32. The highest BCUT2D eigenvalue weighted by Gasteiger charge is 2.26. The first-order chi connectivity index (χ1) is 11.5. The third-order valence-electron chi connectivity index (χ3n) is 3.96. The number of aliphatic imine (C=N–C) groups is 1. The first-order valence-electron chi connectivity index (χ1n) is 8.12. The van der Waals surface area contributed by atoms with Crippen LogP contribution in [0.5, 0.6) is 0 Å². The van der Waals surface area contributed by atoms with Gasteiger partial charge in [0.25, 0.3) is 0 Å². The van der Waals surface area contributed by atoms with Crippen LogP contribution in [0.1, 0.15) is 25.0 Å². The van der Waals surface area contributed by atoms with Gasteiger partial charge in [0.2, 0.25) is 0 Å². The van der Waals surface area contributed by atoms with Crippen LogP contribution in [0.4, 0.5) is 13.2 Å². The fourth-order valence-corrected chi connectivity index (χ4v) is 2.67. The van der Waals surface area contributed by atoms with Crippen molar-refractivity contribution in [3.8, 4) is 0 Å². The van der Waals surface area contributed by atoms with E-state index < -0.39 is 12.6 Å². The number of hydrogen-bond donors (Lipinski definition) is 2. The van der Waals surface area contributed by atoms with Crippen LogP contribution in [0, 0.1) is 0 Å². The van der Waals surface area contributed by atoms with Gasteiger partial charge in [0, 0.05) is 45.5 Å². The van der Waals surface area contributed by atoms with Crippen LogP contribution in [-0.2, 0) is 6.54 Å². The zero-order chi connectivity index (χ0) is 17.4. The average molecular weight is 343 g/mol. The molecule has 1 aromatic rings. The second-order valence-corrected chi connectivity index (χ2v) is 5.88. The van der Waals surface area contributed by atoms with Gasteiger partial charge < -0.3 is 10.6 Å². The maximum atomic E-state index is 12.2. The van der Waals surface area contributed by atoms with Gasteiger partial charge in [0.15, 0.2) is 5.96 Å². The van der Waals surface area contributed by atoms with E-state index in [9.17, 15) is 13.2 Å². The van der Waals surface area contributed by atoms with Crippen molar-refractivity contribution in [2.45, 2.75) is 38.0 Å². The Kier molecular flexibility index (Phi) is 6.84. The number of piperidine rings is 1. The molecule has 0 saturated carbocycles. The lowest BCUT2D eigenvalue weighted by Crippen LogP contribution is -2.48. The average Bonchev–Trinajstić information content (AvgIpc) is 2.55. The van der Waals surface area contributed by atoms with Gasteiger partial charge >= 0.3 is 6.18 Å². The van der Waals surface area contributed by atoms with E-state index in [0.717, 1.165) is 38.2 Å². The highest BCUT2D eigenvalue weighted by molar-refractivity contribution is 5.79. The van der Waals surface area contributed by atoms with Crippen LogP contribution >= 0.6 is 0 Å². The van der Waals surface area contributed by atoms with E-state index in [1.807, 2.05) is 18.2 Å². The summed E-state index contributed by atoms with van der Waals surface area (Å²) in [5.41, 5.74) is 1.05. The van der Waals surface area contributed by atoms with E-state index in [4.69, 9.17) is 0 Å². The zero-order valence-electron chi connectivity index (χ0n) is 13.8.